The molecule has 0 spiro atoms. The average Bonchev–Trinajstić information content (AvgIpc) is 2.90. The summed E-state index contributed by atoms with van der Waals surface area (Å²) in [6.07, 6.45) is 0. The highest BCUT2D eigenvalue weighted by Crippen LogP contribution is 2.31. The van der Waals surface area contributed by atoms with E-state index in [1.54, 1.807) is 19.1 Å². The number of rotatable bonds is 5. The zero-order valence-corrected chi connectivity index (χ0v) is 13.8. The van der Waals surface area contributed by atoms with E-state index in [2.05, 4.69) is 10.1 Å². The Morgan fingerprint density at radius 2 is 1.95 bits per heavy atom. The molecule has 8 heteroatoms. The molecule has 0 radical (unpaired) electrons. The number of carbonyl (C=O) groups excluding carboxylic acids is 1. The first kappa shape index (κ1) is 15.5. The molecule has 21 heavy (non-hydrogen) atoms. The van der Waals surface area contributed by atoms with Gasteiger partial charge in [0.1, 0.15) is 0 Å². The van der Waals surface area contributed by atoms with Crippen molar-refractivity contribution in [2.75, 3.05) is 14.2 Å². The van der Waals surface area contributed by atoms with Gasteiger partial charge in [-0.05, 0) is 41.6 Å². The van der Waals surface area contributed by atoms with E-state index in [1.165, 1.54) is 14.2 Å². The average molecular weight is 404 g/mol. The van der Waals surface area contributed by atoms with Crippen LogP contribution in [0.25, 0.3) is 0 Å². The summed E-state index contributed by atoms with van der Waals surface area (Å²) in [5.74, 6) is 1.23. The Morgan fingerprint density at radius 3 is 2.52 bits per heavy atom. The van der Waals surface area contributed by atoms with E-state index < -0.39 is 5.97 Å². The van der Waals surface area contributed by atoms with Gasteiger partial charge >= 0.3 is 5.97 Å². The highest BCUT2D eigenvalue weighted by atomic mass is 127. The number of carbonyl (C=O) groups is 1. The van der Waals surface area contributed by atoms with Crippen LogP contribution >= 0.6 is 22.6 Å². The van der Waals surface area contributed by atoms with Gasteiger partial charge in [-0.1, -0.05) is 5.16 Å². The second-order valence-electron chi connectivity index (χ2n) is 4.00. The fraction of sp³-hybridized carbons (Fsp3) is 0.308. The van der Waals surface area contributed by atoms with Gasteiger partial charge in [0.25, 0.3) is 5.89 Å². The van der Waals surface area contributed by atoms with E-state index in [4.69, 9.17) is 18.7 Å². The molecule has 2 rings (SSSR count). The lowest BCUT2D eigenvalue weighted by Crippen LogP contribution is -2.08. The normalized spacial score (nSPS) is 10.3. The number of methoxy groups -OCH3 is 2. The molecule has 0 saturated heterocycles. The minimum atomic E-state index is -0.504. The number of ether oxygens (including phenoxy) is 3. The van der Waals surface area contributed by atoms with Crippen LogP contribution in [-0.4, -0.2) is 30.3 Å². The van der Waals surface area contributed by atoms with Crippen LogP contribution in [0.5, 0.6) is 11.5 Å². The topological polar surface area (TPSA) is 83.7 Å². The summed E-state index contributed by atoms with van der Waals surface area (Å²) in [5.41, 5.74) is 0.379. The molecule has 112 valence electrons. The number of aromatic nitrogens is 2. The third-order valence-electron chi connectivity index (χ3n) is 2.59. The predicted octanol–water partition coefficient (Wildman–Crippen LogP) is 2.36. The lowest BCUT2D eigenvalue weighted by Gasteiger charge is -2.11. The SMILES string of the molecule is COc1cc(I)c(C(=O)OCc2nc(C)no2)cc1OC. The van der Waals surface area contributed by atoms with Crippen molar-refractivity contribution in [3.63, 3.8) is 0 Å². The van der Waals surface area contributed by atoms with Crippen molar-refractivity contribution in [3.05, 3.63) is 33.0 Å². The Hall–Kier alpha value is -1.84. The van der Waals surface area contributed by atoms with Crippen LogP contribution in [0.3, 0.4) is 0 Å². The summed E-state index contributed by atoms with van der Waals surface area (Å²) >= 11 is 2.03. The van der Waals surface area contributed by atoms with E-state index in [0.717, 1.165) is 0 Å². The Labute approximate surface area is 134 Å². The molecular formula is C13H13IN2O5. The van der Waals surface area contributed by atoms with Crippen LogP contribution in [0.2, 0.25) is 0 Å². The minimum absolute atomic E-state index is 0.0793. The molecule has 0 amide bonds. The van der Waals surface area contributed by atoms with Crippen molar-refractivity contribution in [2.24, 2.45) is 0 Å². The maximum absolute atomic E-state index is 12.1. The third kappa shape index (κ3) is 3.63. The Bertz CT molecular complexity index is 656. The van der Waals surface area contributed by atoms with E-state index in [9.17, 15) is 4.79 Å². The minimum Gasteiger partial charge on any atom is -0.493 e. The van der Waals surface area contributed by atoms with Crippen molar-refractivity contribution in [1.29, 1.82) is 0 Å². The second-order valence-corrected chi connectivity index (χ2v) is 5.16. The van der Waals surface area contributed by atoms with E-state index in [0.29, 0.717) is 26.5 Å². The molecule has 0 aliphatic heterocycles. The van der Waals surface area contributed by atoms with Gasteiger partial charge in [-0.3, -0.25) is 0 Å². The predicted molar refractivity (Wildman–Crippen MR) is 80.4 cm³/mol. The molecular weight excluding hydrogens is 391 g/mol. The van der Waals surface area contributed by atoms with Gasteiger partial charge in [0, 0.05) is 3.57 Å². The van der Waals surface area contributed by atoms with E-state index in [1.807, 2.05) is 22.6 Å². The third-order valence-corrected chi connectivity index (χ3v) is 3.48. The maximum atomic E-state index is 12.1. The number of hydrogen-bond donors (Lipinski definition) is 0. The largest absolute Gasteiger partial charge is 0.493 e. The van der Waals surface area contributed by atoms with Gasteiger partial charge in [-0.25, -0.2) is 4.79 Å². The standard InChI is InChI=1S/C13H13IN2O5/c1-7-15-12(21-16-7)6-20-13(17)8-4-10(18-2)11(19-3)5-9(8)14/h4-5H,6H2,1-3H3. The van der Waals surface area contributed by atoms with Crippen LogP contribution < -0.4 is 9.47 Å². The number of benzene rings is 1. The number of aryl methyl sites for hydroxylation is 1. The highest BCUT2D eigenvalue weighted by molar-refractivity contribution is 14.1. The molecule has 0 unspecified atom stereocenters. The quantitative estimate of drug-likeness (QED) is 0.559. The molecule has 0 aliphatic rings. The van der Waals surface area contributed by atoms with Gasteiger partial charge in [-0.2, -0.15) is 4.98 Å². The first-order chi connectivity index (χ1) is 10.0. The Balaban J connectivity index is 2.15. The maximum Gasteiger partial charge on any atom is 0.339 e. The molecule has 7 nitrogen and oxygen atoms in total. The van der Waals surface area contributed by atoms with E-state index >= 15 is 0 Å². The molecule has 0 fully saturated rings. The Kier molecular flexibility index (Phi) is 4.99. The molecule has 0 bridgehead atoms. The van der Waals surface area contributed by atoms with Gasteiger partial charge in [-0.15, -0.1) is 0 Å². The number of esters is 1. The highest BCUT2D eigenvalue weighted by Gasteiger charge is 2.17. The molecule has 2 aromatic rings. The van der Waals surface area contributed by atoms with Crippen LogP contribution in [0.15, 0.2) is 16.7 Å². The lowest BCUT2D eigenvalue weighted by molar-refractivity contribution is 0.0428. The molecule has 1 aromatic heterocycles. The van der Waals surface area contributed by atoms with Crippen molar-refractivity contribution in [3.8, 4) is 11.5 Å². The van der Waals surface area contributed by atoms with Crippen molar-refractivity contribution >= 4 is 28.6 Å². The zero-order chi connectivity index (χ0) is 15.4. The van der Waals surface area contributed by atoms with Gasteiger partial charge in [0.15, 0.2) is 23.9 Å². The summed E-state index contributed by atoms with van der Waals surface area (Å²) in [6, 6.07) is 3.27. The summed E-state index contributed by atoms with van der Waals surface area (Å²) in [5, 5.41) is 3.62. The van der Waals surface area contributed by atoms with Gasteiger partial charge < -0.3 is 18.7 Å². The monoisotopic (exact) mass is 404 g/mol. The fourth-order valence-electron chi connectivity index (χ4n) is 1.61. The number of hydrogen-bond acceptors (Lipinski definition) is 7. The smallest absolute Gasteiger partial charge is 0.339 e. The summed E-state index contributed by atoms with van der Waals surface area (Å²) < 4.78 is 21.1. The van der Waals surface area contributed by atoms with Crippen LogP contribution in [-0.2, 0) is 11.3 Å². The number of nitrogens with zero attached hydrogens (tertiary/aromatic N) is 2. The molecule has 0 aliphatic carbocycles. The van der Waals surface area contributed by atoms with Crippen molar-refractivity contribution in [1.82, 2.24) is 10.1 Å². The Morgan fingerprint density at radius 1 is 1.29 bits per heavy atom. The van der Waals surface area contributed by atoms with Gasteiger partial charge in [0.05, 0.1) is 19.8 Å². The van der Waals surface area contributed by atoms with E-state index in [-0.39, 0.29) is 12.5 Å². The lowest BCUT2D eigenvalue weighted by atomic mass is 10.2. The van der Waals surface area contributed by atoms with Crippen molar-refractivity contribution in [2.45, 2.75) is 13.5 Å². The fourth-order valence-corrected chi connectivity index (χ4v) is 2.27. The van der Waals surface area contributed by atoms with Crippen LogP contribution in [0, 0.1) is 10.5 Å². The number of halogens is 1. The van der Waals surface area contributed by atoms with Crippen molar-refractivity contribution < 1.29 is 23.5 Å². The zero-order valence-electron chi connectivity index (χ0n) is 11.7. The summed E-state index contributed by atoms with van der Waals surface area (Å²) in [4.78, 5) is 16.1. The summed E-state index contributed by atoms with van der Waals surface area (Å²) in [7, 11) is 3.03. The van der Waals surface area contributed by atoms with Gasteiger partial charge in [0.2, 0.25) is 0 Å². The first-order valence-corrected chi connectivity index (χ1v) is 7.01. The molecule has 1 heterocycles. The van der Waals surface area contributed by atoms with Crippen LogP contribution in [0.4, 0.5) is 0 Å². The first-order valence-electron chi connectivity index (χ1n) is 5.93. The summed E-state index contributed by atoms with van der Waals surface area (Å²) in [6.45, 7) is 1.61. The molecule has 0 atom stereocenters. The molecule has 1 aromatic carbocycles. The second kappa shape index (κ2) is 6.74. The van der Waals surface area contributed by atoms with Crippen LogP contribution in [0.1, 0.15) is 22.1 Å². The molecule has 0 saturated carbocycles. The molecule has 0 N–H and O–H groups in total.